The molecule has 0 spiro atoms. The molecule has 0 amide bonds. The zero-order chi connectivity index (χ0) is 43.6. The van der Waals surface area contributed by atoms with Gasteiger partial charge in [0.05, 0.1) is 39.3 Å². The molecule has 230 valence electrons. The van der Waals surface area contributed by atoms with Crippen LogP contribution in [0.2, 0.25) is 0 Å². The predicted molar refractivity (Wildman–Crippen MR) is 210 cm³/mol. The highest BCUT2D eigenvalue weighted by Gasteiger charge is 2.24. The Hall–Kier alpha value is -6.16. The first-order valence-electron chi connectivity index (χ1n) is 22.0. The summed E-state index contributed by atoms with van der Waals surface area (Å²) in [5.74, 6) is 0. The summed E-state index contributed by atoms with van der Waals surface area (Å²) in [6, 6.07) is 22.6. The van der Waals surface area contributed by atoms with Crippen molar-refractivity contribution in [3.63, 3.8) is 0 Å². The molecule has 0 saturated heterocycles. The largest absolute Gasteiger partial charge is 0.455 e. The van der Waals surface area contributed by atoms with Gasteiger partial charge in [-0.2, -0.15) is 0 Å². The molecule has 0 bridgehead atoms. The summed E-state index contributed by atoms with van der Waals surface area (Å²) in [7, 11) is 0. The van der Waals surface area contributed by atoms with Gasteiger partial charge < -0.3 is 9.32 Å². The maximum absolute atomic E-state index is 9.69. The third-order valence-electron chi connectivity index (χ3n) is 8.70. The fraction of sp³-hybridized carbons (Fsp3) is 0. The first-order chi connectivity index (χ1) is 29.7. The van der Waals surface area contributed by atoms with Crippen molar-refractivity contribution in [2.24, 2.45) is 0 Å². The van der Waals surface area contributed by atoms with E-state index in [-0.39, 0.29) is 52.7 Å². The molecule has 3 heteroatoms. The van der Waals surface area contributed by atoms with E-state index in [1.165, 1.54) is 17.0 Å². The molecule has 0 aliphatic heterocycles. The SMILES string of the molecule is [2H]c1cc([2H])c([2H])c(-c2c([2H])c([2H])c(N(c3c([2H])c([2H])cc4c3sc3cc([2H])c([2H])c([2H])c34)c3cccc4oc5c(-c6ccccc6)cc6ccccc6c5c34)c([2H])c2[2H])c1[2H]. The van der Waals surface area contributed by atoms with E-state index in [4.69, 9.17) is 15.4 Å². The van der Waals surface area contributed by atoms with Crippen LogP contribution in [0.5, 0.6) is 0 Å². The maximum Gasteiger partial charge on any atom is 0.143 e. The van der Waals surface area contributed by atoms with Crippen LogP contribution >= 0.6 is 11.3 Å². The minimum absolute atomic E-state index is 0.0194. The van der Waals surface area contributed by atoms with Gasteiger partial charge in [-0.25, -0.2) is 0 Å². The van der Waals surface area contributed by atoms with Crippen molar-refractivity contribution >= 4 is 81.3 Å². The van der Waals surface area contributed by atoms with Crippen LogP contribution in [-0.4, -0.2) is 0 Å². The van der Waals surface area contributed by atoms with Crippen molar-refractivity contribution in [3.05, 3.63) is 176 Å². The quantitative estimate of drug-likeness (QED) is 0.183. The number of anilines is 3. The van der Waals surface area contributed by atoms with Crippen molar-refractivity contribution in [2.45, 2.75) is 0 Å². The van der Waals surface area contributed by atoms with Crippen molar-refractivity contribution in [3.8, 4) is 22.3 Å². The highest BCUT2D eigenvalue weighted by molar-refractivity contribution is 7.26. The Labute approximate surface area is 306 Å². The highest BCUT2D eigenvalue weighted by atomic mass is 32.1. The Kier molecular flexibility index (Phi) is 4.09. The van der Waals surface area contributed by atoms with Crippen LogP contribution in [0.15, 0.2) is 180 Å². The van der Waals surface area contributed by atoms with Crippen LogP contribution in [0.25, 0.3) is 75.1 Å². The molecule has 0 atom stereocenters. The van der Waals surface area contributed by atoms with Crippen molar-refractivity contribution in [1.29, 1.82) is 0 Å². The number of furan rings is 1. The van der Waals surface area contributed by atoms with Crippen LogP contribution in [0.4, 0.5) is 17.1 Å². The minimum Gasteiger partial charge on any atom is -0.455 e. The molecule has 0 unspecified atom stereocenters. The van der Waals surface area contributed by atoms with E-state index >= 15 is 0 Å². The molecule has 0 aliphatic rings. The summed E-state index contributed by atoms with van der Waals surface area (Å²) in [5.41, 5.74) is 1.64. The van der Waals surface area contributed by atoms with E-state index in [2.05, 4.69) is 0 Å². The van der Waals surface area contributed by atoms with Crippen molar-refractivity contribution < 1.29 is 22.2 Å². The van der Waals surface area contributed by atoms with E-state index in [9.17, 15) is 6.85 Å². The molecule has 8 aromatic carbocycles. The van der Waals surface area contributed by atoms with E-state index in [1.54, 1.807) is 18.2 Å². The van der Waals surface area contributed by atoms with Gasteiger partial charge in [0.1, 0.15) is 11.2 Å². The lowest BCUT2D eigenvalue weighted by atomic mass is 9.95. The van der Waals surface area contributed by atoms with E-state index < -0.39 is 59.5 Å². The molecule has 0 saturated carbocycles. The molecule has 0 fully saturated rings. The summed E-state index contributed by atoms with van der Waals surface area (Å²) >= 11 is 1.11. The lowest BCUT2D eigenvalue weighted by Gasteiger charge is -2.27. The molecule has 0 N–H and O–H groups in total. The zero-order valence-electron chi connectivity index (χ0n) is 38.5. The van der Waals surface area contributed by atoms with Gasteiger partial charge in [0.25, 0.3) is 0 Å². The second-order valence-electron chi connectivity index (χ2n) is 11.5. The molecular formula is C46H29NOS. The molecule has 10 aromatic rings. The molecular weight excluding hydrogens is 615 g/mol. The number of nitrogens with zero attached hydrogens (tertiary/aromatic N) is 1. The zero-order valence-corrected chi connectivity index (χ0v) is 26.3. The smallest absolute Gasteiger partial charge is 0.143 e. The topological polar surface area (TPSA) is 16.4 Å². The third-order valence-corrected chi connectivity index (χ3v) is 9.86. The van der Waals surface area contributed by atoms with Crippen LogP contribution in [-0.2, 0) is 0 Å². The van der Waals surface area contributed by atoms with Gasteiger partial charge in [0.15, 0.2) is 0 Å². The average Bonchev–Trinajstić information content (AvgIpc) is 3.84. The standard InChI is InChI=1S/C46H29NOS/c1-3-13-30(14-4-1)31-25-27-34(28-26-31)47(40-22-11-20-37-36-19-9-10-24-42(36)49-46(37)40)39-21-12-23-41-44(39)43-35-18-8-7-17-33(35)29-38(45(43)48-41)32-15-5-2-6-16-32/h1-29H/i3D,4D,9D,10D,11D,13D,14D,19D,22D,25D,26D,27D,28D. The number of thiophene rings is 1. The van der Waals surface area contributed by atoms with Gasteiger partial charge >= 0.3 is 0 Å². The predicted octanol–water partition coefficient (Wildman–Crippen LogP) is 13.9. The van der Waals surface area contributed by atoms with E-state index in [0.717, 1.165) is 39.3 Å². The molecule has 49 heavy (non-hydrogen) atoms. The van der Waals surface area contributed by atoms with E-state index in [0.29, 0.717) is 36.7 Å². The number of rotatable bonds is 5. The van der Waals surface area contributed by atoms with Gasteiger partial charge in [-0.05, 0) is 69.9 Å². The van der Waals surface area contributed by atoms with Crippen LogP contribution < -0.4 is 4.90 Å². The molecule has 2 nitrogen and oxygen atoms in total. The number of hydrogen-bond donors (Lipinski definition) is 0. The fourth-order valence-corrected chi connectivity index (χ4v) is 7.68. The number of benzene rings is 8. The normalized spacial score (nSPS) is 15.4. The van der Waals surface area contributed by atoms with Gasteiger partial charge in [-0.15, -0.1) is 11.3 Å². The highest BCUT2D eigenvalue weighted by Crippen LogP contribution is 2.50. The first kappa shape index (κ1) is 17.8. The second-order valence-corrected chi connectivity index (χ2v) is 12.5. The van der Waals surface area contributed by atoms with E-state index in [1.807, 2.05) is 60.7 Å². The third kappa shape index (κ3) is 4.47. The van der Waals surface area contributed by atoms with Gasteiger partial charge in [-0.1, -0.05) is 133 Å². The summed E-state index contributed by atoms with van der Waals surface area (Å²) < 4.78 is 124. The van der Waals surface area contributed by atoms with Crippen LogP contribution in [0.1, 0.15) is 17.8 Å². The Bertz CT molecular complexity index is 3530. The van der Waals surface area contributed by atoms with Gasteiger partial charge in [0, 0.05) is 32.1 Å². The van der Waals surface area contributed by atoms with Crippen molar-refractivity contribution in [2.75, 3.05) is 4.90 Å². The summed E-state index contributed by atoms with van der Waals surface area (Å²) in [5, 5.41) is 3.43. The molecule has 2 heterocycles. The fourth-order valence-electron chi connectivity index (χ4n) is 6.57. The Morgan fingerprint density at radius 3 is 2.22 bits per heavy atom. The molecule has 0 radical (unpaired) electrons. The van der Waals surface area contributed by atoms with Crippen molar-refractivity contribution in [1.82, 2.24) is 0 Å². The van der Waals surface area contributed by atoms with Crippen LogP contribution in [0.3, 0.4) is 0 Å². The lowest BCUT2D eigenvalue weighted by Crippen LogP contribution is -2.10. The Balaban J connectivity index is 1.41. The molecule has 10 rings (SSSR count). The van der Waals surface area contributed by atoms with Gasteiger partial charge in [0.2, 0.25) is 0 Å². The number of hydrogen-bond acceptors (Lipinski definition) is 3. The Morgan fingerprint density at radius 2 is 1.35 bits per heavy atom. The molecule has 2 aromatic heterocycles. The first-order valence-corrected chi connectivity index (χ1v) is 16.3. The molecule has 0 aliphatic carbocycles. The second kappa shape index (κ2) is 11.2. The number of fused-ring (bicyclic) bond motifs is 8. The maximum atomic E-state index is 9.69. The summed E-state index contributed by atoms with van der Waals surface area (Å²) in [6.45, 7) is 0. The van der Waals surface area contributed by atoms with Crippen LogP contribution in [0, 0.1) is 0 Å². The summed E-state index contributed by atoms with van der Waals surface area (Å²) in [4.78, 5) is 1.41. The summed E-state index contributed by atoms with van der Waals surface area (Å²) in [6.07, 6.45) is 0. The minimum atomic E-state index is -0.661. The monoisotopic (exact) mass is 656 g/mol. The Morgan fingerprint density at radius 1 is 0.531 bits per heavy atom. The lowest BCUT2D eigenvalue weighted by molar-refractivity contribution is 0.670. The van der Waals surface area contributed by atoms with Gasteiger partial charge in [-0.3, -0.25) is 0 Å². The average molecular weight is 657 g/mol.